The van der Waals surface area contributed by atoms with Gasteiger partial charge in [-0.05, 0) is 42.7 Å². The predicted octanol–water partition coefficient (Wildman–Crippen LogP) is 3.48. The molecular formula is C20H22N4O. The minimum absolute atomic E-state index is 0.114. The first kappa shape index (κ1) is 15.8. The van der Waals surface area contributed by atoms with E-state index in [1.807, 2.05) is 50.8 Å². The van der Waals surface area contributed by atoms with E-state index in [9.17, 15) is 4.79 Å². The summed E-state index contributed by atoms with van der Waals surface area (Å²) in [5, 5.41) is 0. The fourth-order valence-corrected chi connectivity index (χ4v) is 3.80. The van der Waals surface area contributed by atoms with E-state index in [0.29, 0.717) is 5.82 Å². The molecule has 0 aromatic carbocycles. The minimum atomic E-state index is -0.431. The molecule has 2 aromatic rings. The van der Waals surface area contributed by atoms with Gasteiger partial charge in [0.1, 0.15) is 0 Å². The number of imidazole rings is 1. The van der Waals surface area contributed by atoms with Crippen LogP contribution in [0.15, 0.2) is 48.7 Å². The average molecular weight is 334 g/mol. The topological polar surface area (TPSA) is 51.0 Å². The van der Waals surface area contributed by atoms with Crippen molar-refractivity contribution in [3.63, 3.8) is 0 Å². The highest BCUT2D eigenvalue weighted by Crippen LogP contribution is 2.50. The van der Waals surface area contributed by atoms with Gasteiger partial charge in [0.05, 0.1) is 11.7 Å². The lowest BCUT2D eigenvalue weighted by Gasteiger charge is -2.25. The normalized spacial score (nSPS) is 21.8. The van der Waals surface area contributed by atoms with Crippen LogP contribution in [0, 0.1) is 18.3 Å². The van der Waals surface area contributed by atoms with Gasteiger partial charge in [-0.25, -0.2) is 4.98 Å². The van der Waals surface area contributed by atoms with Gasteiger partial charge in [0.25, 0.3) is 0 Å². The summed E-state index contributed by atoms with van der Waals surface area (Å²) >= 11 is 0. The predicted molar refractivity (Wildman–Crippen MR) is 97.6 cm³/mol. The molecule has 2 aliphatic rings. The highest BCUT2D eigenvalue weighted by Gasteiger charge is 2.51. The SMILES string of the molecule is Cc1cc(C2=CCC3C(=C2)N(c2cn(C)cn2)C(=O)C3(C)C)ccn1. The maximum atomic E-state index is 13.1. The summed E-state index contributed by atoms with van der Waals surface area (Å²) in [5.41, 5.74) is 3.88. The summed E-state index contributed by atoms with van der Waals surface area (Å²) in [6.45, 7) is 6.06. The van der Waals surface area contributed by atoms with Crippen LogP contribution >= 0.6 is 0 Å². The van der Waals surface area contributed by atoms with Crippen LogP contribution in [0.4, 0.5) is 5.82 Å². The molecule has 5 heteroatoms. The molecule has 2 aromatic heterocycles. The molecule has 25 heavy (non-hydrogen) atoms. The second kappa shape index (κ2) is 5.41. The van der Waals surface area contributed by atoms with Crippen molar-refractivity contribution in [1.82, 2.24) is 14.5 Å². The molecule has 1 amide bonds. The Hall–Kier alpha value is -2.69. The summed E-state index contributed by atoms with van der Waals surface area (Å²) in [7, 11) is 1.92. The molecule has 1 unspecified atom stereocenters. The Balaban J connectivity index is 1.81. The molecule has 0 radical (unpaired) electrons. The van der Waals surface area contributed by atoms with Crippen molar-refractivity contribution in [2.75, 3.05) is 4.90 Å². The van der Waals surface area contributed by atoms with Crippen LogP contribution in [0.5, 0.6) is 0 Å². The first-order valence-electron chi connectivity index (χ1n) is 8.55. The second-order valence-corrected chi connectivity index (χ2v) is 7.46. The number of rotatable bonds is 2. The number of fused-ring (bicyclic) bond motifs is 1. The molecule has 0 bridgehead atoms. The standard InChI is InChI=1S/C20H22N4O/c1-13-9-15(7-8-21-13)14-5-6-16-17(10-14)24(19(25)20(16,2)3)18-11-23(4)12-22-18/h5,7-12,16H,6H2,1-4H3. The summed E-state index contributed by atoms with van der Waals surface area (Å²) in [6.07, 6.45) is 10.7. The smallest absolute Gasteiger partial charge is 0.238 e. The Morgan fingerprint density at radius 1 is 1.28 bits per heavy atom. The van der Waals surface area contributed by atoms with Crippen molar-refractivity contribution < 1.29 is 4.79 Å². The number of pyridine rings is 1. The number of hydrogen-bond acceptors (Lipinski definition) is 3. The molecule has 1 fully saturated rings. The summed E-state index contributed by atoms with van der Waals surface area (Å²) in [4.78, 5) is 23.6. The lowest BCUT2D eigenvalue weighted by Crippen LogP contribution is -2.31. The van der Waals surface area contributed by atoms with Crippen molar-refractivity contribution in [1.29, 1.82) is 0 Å². The Bertz CT molecular complexity index is 919. The van der Waals surface area contributed by atoms with Gasteiger partial charge in [0, 0.05) is 36.8 Å². The maximum Gasteiger partial charge on any atom is 0.238 e. The van der Waals surface area contributed by atoms with Gasteiger partial charge in [-0.15, -0.1) is 0 Å². The van der Waals surface area contributed by atoms with Gasteiger partial charge in [-0.2, -0.15) is 0 Å². The molecular weight excluding hydrogens is 312 g/mol. The fourth-order valence-electron chi connectivity index (χ4n) is 3.80. The summed E-state index contributed by atoms with van der Waals surface area (Å²) in [5.74, 6) is 0.984. The van der Waals surface area contributed by atoms with E-state index in [0.717, 1.165) is 28.9 Å². The maximum absolute atomic E-state index is 13.1. The number of carbonyl (C=O) groups excluding carboxylic acids is 1. The van der Waals surface area contributed by atoms with Gasteiger partial charge in [0.15, 0.2) is 5.82 Å². The molecule has 1 aliphatic heterocycles. The molecule has 0 spiro atoms. The van der Waals surface area contributed by atoms with Crippen molar-refractivity contribution in [2.45, 2.75) is 27.2 Å². The van der Waals surface area contributed by atoms with E-state index in [-0.39, 0.29) is 11.8 Å². The van der Waals surface area contributed by atoms with Gasteiger partial charge >= 0.3 is 0 Å². The Kier molecular flexibility index (Phi) is 3.42. The Morgan fingerprint density at radius 2 is 2.08 bits per heavy atom. The zero-order valence-corrected chi connectivity index (χ0v) is 15.0. The molecule has 5 nitrogen and oxygen atoms in total. The van der Waals surface area contributed by atoms with Gasteiger partial charge < -0.3 is 4.57 Å². The highest BCUT2D eigenvalue weighted by atomic mass is 16.2. The van der Waals surface area contributed by atoms with E-state index in [4.69, 9.17) is 0 Å². The number of aromatic nitrogens is 3. The zero-order valence-electron chi connectivity index (χ0n) is 15.0. The number of anilines is 1. The molecule has 3 heterocycles. The largest absolute Gasteiger partial charge is 0.338 e. The lowest BCUT2D eigenvalue weighted by atomic mass is 9.75. The number of amides is 1. The Labute approximate surface area is 147 Å². The molecule has 1 saturated heterocycles. The quantitative estimate of drug-likeness (QED) is 0.845. The fraction of sp³-hybridized carbons (Fsp3) is 0.350. The average Bonchev–Trinajstić information content (AvgIpc) is 3.08. The van der Waals surface area contributed by atoms with Crippen molar-refractivity contribution in [2.24, 2.45) is 18.4 Å². The van der Waals surface area contributed by atoms with E-state index >= 15 is 0 Å². The van der Waals surface area contributed by atoms with E-state index in [1.54, 1.807) is 11.2 Å². The van der Waals surface area contributed by atoms with Gasteiger partial charge in [-0.3, -0.25) is 14.7 Å². The van der Waals surface area contributed by atoms with Crippen molar-refractivity contribution in [3.8, 4) is 0 Å². The van der Waals surface area contributed by atoms with Crippen LogP contribution in [0.25, 0.3) is 5.57 Å². The Morgan fingerprint density at radius 3 is 2.76 bits per heavy atom. The monoisotopic (exact) mass is 334 g/mol. The van der Waals surface area contributed by atoms with Gasteiger partial charge in [0.2, 0.25) is 5.91 Å². The first-order chi connectivity index (χ1) is 11.9. The van der Waals surface area contributed by atoms with E-state index in [1.165, 1.54) is 0 Å². The third-order valence-electron chi connectivity index (χ3n) is 5.27. The molecule has 128 valence electrons. The molecule has 0 saturated carbocycles. The van der Waals surface area contributed by atoms with Gasteiger partial charge in [-0.1, -0.05) is 19.9 Å². The number of allylic oxidation sites excluding steroid dienone is 4. The summed E-state index contributed by atoms with van der Waals surface area (Å²) < 4.78 is 1.87. The molecule has 0 N–H and O–H groups in total. The number of carbonyl (C=O) groups is 1. The third kappa shape index (κ3) is 2.42. The number of nitrogens with zero attached hydrogens (tertiary/aromatic N) is 4. The summed E-state index contributed by atoms with van der Waals surface area (Å²) in [6, 6.07) is 4.10. The van der Waals surface area contributed by atoms with Crippen molar-refractivity contribution in [3.05, 3.63) is 60.0 Å². The van der Waals surface area contributed by atoms with Crippen LogP contribution in [-0.4, -0.2) is 20.4 Å². The van der Waals surface area contributed by atoms with Crippen LogP contribution in [0.1, 0.15) is 31.5 Å². The molecule has 1 atom stereocenters. The number of aryl methyl sites for hydroxylation is 2. The third-order valence-corrected chi connectivity index (χ3v) is 5.27. The molecule has 1 aliphatic carbocycles. The second-order valence-electron chi connectivity index (χ2n) is 7.46. The van der Waals surface area contributed by atoms with E-state index in [2.05, 4.69) is 28.2 Å². The van der Waals surface area contributed by atoms with Crippen molar-refractivity contribution >= 4 is 17.3 Å². The number of hydrogen-bond donors (Lipinski definition) is 0. The zero-order chi connectivity index (χ0) is 17.8. The van der Waals surface area contributed by atoms with Crippen LogP contribution in [0.3, 0.4) is 0 Å². The van der Waals surface area contributed by atoms with Crippen LogP contribution < -0.4 is 4.90 Å². The lowest BCUT2D eigenvalue weighted by molar-refractivity contribution is -0.125. The van der Waals surface area contributed by atoms with Crippen LogP contribution in [-0.2, 0) is 11.8 Å². The molecule has 4 rings (SSSR count). The highest BCUT2D eigenvalue weighted by molar-refractivity contribution is 6.04. The first-order valence-corrected chi connectivity index (χ1v) is 8.55. The van der Waals surface area contributed by atoms with Crippen LogP contribution in [0.2, 0.25) is 0 Å². The van der Waals surface area contributed by atoms with E-state index < -0.39 is 5.41 Å². The minimum Gasteiger partial charge on any atom is -0.338 e.